The molecular weight excluding hydrogens is 274 g/mol. The second kappa shape index (κ2) is 7.06. The number of nitrogens with one attached hydrogen (secondary N) is 2. The molecule has 8 heteroatoms. The molecule has 0 saturated heterocycles. The van der Waals surface area contributed by atoms with Gasteiger partial charge in [0.25, 0.3) is 0 Å². The third-order valence-electron chi connectivity index (χ3n) is 2.62. The first-order valence-electron chi connectivity index (χ1n) is 6.24. The Morgan fingerprint density at radius 2 is 2.00 bits per heavy atom. The van der Waals surface area contributed by atoms with Crippen LogP contribution in [0.3, 0.4) is 0 Å². The Morgan fingerprint density at radius 1 is 1.24 bits per heavy atom. The zero-order valence-electron chi connectivity index (χ0n) is 11.2. The SMILES string of the molecule is NNc1ccc([N+](=O)[O-])c(NCCOc2ccccc2)n1. The number of hydrazine groups is 1. The molecule has 0 radical (unpaired) electrons. The van der Waals surface area contributed by atoms with E-state index in [0.717, 1.165) is 5.75 Å². The predicted octanol–water partition coefficient (Wildman–Crippen LogP) is 1.77. The lowest BCUT2D eigenvalue weighted by molar-refractivity contribution is -0.384. The van der Waals surface area contributed by atoms with E-state index < -0.39 is 4.92 Å². The van der Waals surface area contributed by atoms with E-state index in [0.29, 0.717) is 19.0 Å². The summed E-state index contributed by atoms with van der Waals surface area (Å²) in [4.78, 5) is 14.4. The maximum Gasteiger partial charge on any atom is 0.311 e. The van der Waals surface area contributed by atoms with Crippen LogP contribution in [0.15, 0.2) is 42.5 Å². The number of nitrogen functional groups attached to an aromatic ring is 1. The highest BCUT2D eigenvalue weighted by molar-refractivity contribution is 5.59. The van der Waals surface area contributed by atoms with E-state index >= 15 is 0 Å². The first-order valence-corrected chi connectivity index (χ1v) is 6.24. The van der Waals surface area contributed by atoms with Crippen LogP contribution in [0.4, 0.5) is 17.3 Å². The van der Waals surface area contributed by atoms with Crippen LogP contribution in [-0.4, -0.2) is 23.1 Å². The molecule has 1 aromatic carbocycles. The number of aromatic nitrogens is 1. The average Bonchev–Trinajstić information content (AvgIpc) is 2.52. The third kappa shape index (κ3) is 4.05. The average molecular weight is 289 g/mol. The van der Waals surface area contributed by atoms with E-state index in [-0.39, 0.29) is 11.5 Å². The van der Waals surface area contributed by atoms with Gasteiger partial charge in [-0.05, 0) is 18.2 Å². The van der Waals surface area contributed by atoms with Gasteiger partial charge in [-0.15, -0.1) is 0 Å². The summed E-state index contributed by atoms with van der Waals surface area (Å²) in [6.07, 6.45) is 0. The fourth-order valence-corrected chi connectivity index (χ4v) is 1.66. The summed E-state index contributed by atoms with van der Waals surface area (Å²) in [5.41, 5.74) is 2.23. The number of nitrogens with zero attached hydrogens (tertiary/aromatic N) is 2. The van der Waals surface area contributed by atoms with E-state index in [4.69, 9.17) is 10.6 Å². The summed E-state index contributed by atoms with van der Waals surface area (Å²) >= 11 is 0. The molecule has 2 rings (SSSR count). The summed E-state index contributed by atoms with van der Waals surface area (Å²) < 4.78 is 5.48. The number of benzene rings is 1. The number of nitrogens with two attached hydrogens (primary N) is 1. The molecule has 0 fully saturated rings. The predicted molar refractivity (Wildman–Crippen MR) is 79.1 cm³/mol. The minimum Gasteiger partial charge on any atom is -0.492 e. The number of pyridine rings is 1. The van der Waals surface area contributed by atoms with Crippen molar-refractivity contribution in [2.24, 2.45) is 5.84 Å². The molecule has 0 aliphatic carbocycles. The van der Waals surface area contributed by atoms with Crippen molar-refractivity contribution in [2.75, 3.05) is 23.9 Å². The molecule has 0 aliphatic rings. The third-order valence-corrected chi connectivity index (χ3v) is 2.62. The molecule has 0 bridgehead atoms. The lowest BCUT2D eigenvalue weighted by Crippen LogP contribution is -2.15. The van der Waals surface area contributed by atoms with Crippen molar-refractivity contribution in [1.29, 1.82) is 0 Å². The summed E-state index contributed by atoms with van der Waals surface area (Å²) in [6.45, 7) is 0.722. The van der Waals surface area contributed by atoms with Gasteiger partial charge in [-0.2, -0.15) is 0 Å². The Kier molecular flexibility index (Phi) is 4.89. The number of nitro groups is 1. The van der Waals surface area contributed by atoms with Crippen LogP contribution < -0.4 is 21.3 Å². The van der Waals surface area contributed by atoms with Gasteiger partial charge in [0.1, 0.15) is 18.2 Å². The largest absolute Gasteiger partial charge is 0.492 e. The summed E-state index contributed by atoms with van der Waals surface area (Å²) in [7, 11) is 0. The zero-order valence-corrected chi connectivity index (χ0v) is 11.2. The highest BCUT2D eigenvalue weighted by Crippen LogP contribution is 2.23. The molecule has 8 nitrogen and oxygen atoms in total. The highest BCUT2D eigenvalue weighted by atomic mass is 16.6. The van der Waals surface area contributed by atoms with Crippen LogP contribution in [0, 0.1) is 10.1 Å². The summed E-state index contributed by atoms with van der Waals surface area (Å²) in [5, 5.41) is 13.8. The van der Waals surface area contributed by atoms with Gasteiger partial charge in [0, 0.05) is 6.07 Å². The smallest absolute Gasteiger partial charge is 0.311 e. The first-order chi connectivity index (χ1) is 10.2. The normalized spacial score (nSPS) is 9.95. The van der Waals surface area contributed by atoms with Gasteiger partial charge in [0.15, 0.2) is 0 Å². The minimum absolute atomic E-state index is 0.117. The lowest BCUT2D eigenvalue weighted by Gasteiger charge is -2.09. The number of hydrogen-bond acceptors (Lipinski definition) is 7. The Balaban J connectivity index is 1.94. The summed E-state index contributed by atoms with van der Waals surface area (Å²) in [5.74, 6) is 6.46. The maximum atomic E-state index is 10.9. The van der Waals surface area contributed by atoms with Crippen LogP contribution in [0.25, 0.3) is 0 Å². The molecule has 2 aromatic rings. The van der Waals surface area contributed by atoms with Crippen LogP contribution in [0.2, 0.25) is 0 Å². The molecule has 0 saturated carbocycles. The summed E-state index contributed by atoms with van der Waals surface area (Å²) in [6, 6.07) is 12.1. The quantitative estimate of drug-likeness (QED) is 0.308. The molecule has 110 valence electrons. The van der Waals surface area contributed by atoms with Crippen molar-refractivity contribution in [3.8, 4) is 5.75 Å². The number of ether oxygens (including phenoxy) is 1. The molecule has 21 heavy (non-hydrogen) atoms. The second-order valence-corrected chi connectivity index (χ2v) is 4.05. The van der Waals surface area contributed by atoms with Gasteiger partial charge in [-0.1, -0.05) is 18.2 Å². The van der Waals surface area contributed by atoms with E-state index in [1.807, 2.05) is 30.3 Å². The van der Waals surface area contributed by atoms with Gasteiger partial charge in [0.2, 0.25) is 5.82 Å². The fraction of sp³-hybridized carbons (Fsp3) is 0.154. The highest BCUT2D eigenvalue weighted by Gasteiger charge is 2.15. The van der Waals surface area contributed by atoms with Gasteiger partial charge in [-0.3, -0.25) is 10.1 Å². The van der Waals surface area contributed by atoms with Crippen molar-refractivity contribution in [1.82, 2.24) is 4.98 Å². The van der Waals surface area contributed by atoms with Crippen molar-refractivity contribution in [2.45, 2.75) is 0 Å². The van der Waals surface area contributed by atoms with Crippen molar-refractivity contribution < 1.29 is 9.66 Å². The zero-order chi connectivity index (χ0) is 15.1. The molecule has 0 aliphatic heterocycles. The van der Waals surface area contributed by atoms with Gasteiger partial charge in [0.05, 0.1) is 11.5 Å². The number of rotatable bonds is 7. The Morgan fingerprint density at radius 3 is 2.67 bits per heavy atom. The fourth-order valence-electron chi connectivity index (χ4n) is 1.66. The lowest BCUT2D eigenvalue weighted by atomic mass is 10.3. The molecule has 1 heterocycles. The Labute approximate surface area is 121 Å². The van der Waals surface area contributed by atoms with Crippen molar-refractivity contribution in [3.63, 3.8) is 0 Å². The topological polar surface area (TPSA) is 115 Å². The molecule has 0 amide bonds. The van der Waals surface area contributed by atoms with E-state index in [2.05, 4.69) is 15.7 Å². The second-order valence-electron chi connectivity index (χ2n) is 4.05. The number of anilines is 2. The van der Waals surface area contributed by atoms with Crippen molar-refractivity contribution >= 4 is 17.3 Å². The van der Waals surface area contributed by atoms with Crippen LogP contribution in [0.1, 0.15) is 0 Å². The first kappa shape index (κ1) is 14.5. The van der Waals surface area contributed by atoms with Gasteiger partial charge in [-0.25, -0.2) is 10.8 Å². The Bertz CT molecular complexity index is 606. The number of hydrogen-bond donors (Lipinski definition) is 3. The molecule has 4 N–H and O–H groups in total. The van der Waals surface area contributed by atoms with Crippen LogP contribution in [0.5, 0.6) is 5.75 Å². The van der Waals surface area contributed by atoms with Gasteiger partial charge < -0.3 is 15.5 Å². The monoisotopic (exact) mass is 289 g/mol. The molecule has 0 unspecified atom stereocenters. The molecular formula is C13H15N5O3. The van der Waals surface area contributed by atoms with E-state index in [1.165, 1.54) is 12.1 Å². The van der Waals surface area contributed by atoms with Crippen LogP contribution >= 0.6 is 0 Å². The maximum absolute atomic E-state index is 10.9. The number of para-hydroxylation sites is 1. The van der Waals surface area contributed by atoms with E-state index in [9.17, 15) is 10.1 Å². The van der Waals surface area contributed by atoms with Gasteiger partial charge >= 0.3 is 5.69 Å². The van der Waals surface area contributed by atoms with E-state index in [1.54, 1.807) is 0 Å². The standard InChI is InChI=1S/C13H15N5O3/c14-17-12-7-6-11(18(19)20)13(16-12)15-8-9-21-10-4-2-1-3-5-10/h1-7H,8-9,14H2,(H2,15,16,17). The minimum atomic E-state index is -0.506. The Hall–Kier alpha value is -2.87. The van der Waals surface area contributed by atoms with Crippen molar-refractivity contribution in [3.05, 3.63) is 52.6 Å². The molecule has 1 aromatic heterocycles. The molecule has 0 spiro atoms. The molecule has 0 atom stereocenters. The van der Waals surface area contributed by atoms with Crippen LogP contribution in [-0.2, 0) is 0 Å².